The summed E-state index contributed by atoms with van der Waals surface area (Å²) < 4.78 is 27.1. The van der Waals surface area contributed by atoms with Crippen LogP contribution >= 0.6 is 11.3 Å². The first-order valence-corrected chi connectivity index (χ1v) is 9.54. The summed E-state index contributed by atoms with van der Waals surface area (Å²) in [6.45, 7) is 8.73. The first-order chi connectivity index (χ1) is 9.48. The largest absolute Gasteiger partial charge is 0.312 e. The van der Waals surface area contributed by atoms with E-state index < -0.39 is 10.0 Å². The molecule has 6 heteroatoms. The molecule has 1 N–H and O–H groups in total. The molecule has 0 saturated heterocycles. The van der Waals surface area contributed by atoms with Crippen molar-refractivity contribution in [2.45, 2.75) is 45.1 Å². The second kappa shape index (κ2) is 6.56. The molecule has 0 aromatic carbocycles. The molecule has 1 aliphatic carbocycles. The monoisotopic (exact) mass is 316 g/mol. The minimum atomic E-state index is -3.33. The third-order valence-electron chi connectivity index (χ3n) is 3.60. The zero-order chi connectivity index (χ0) is 14.8. The summed E-state index contributed by atoms with van der Waals surface area (Å²) in [6.07, 6.45) is 2.33. The fourth-order valence-corrected chi connectivity index (χ4v) is 5.34. The highest BCUT2D eigenvalue weighted by atomic mass is 32.2. The highest BCUT2D eigenvalue weighted by Gasteiger charge is 2.32. The molecule has 0 bridgehead atoms. The normalized spacial score (nSPS) is 16.0. The number of aryl methyl sites for hydroxylation is 1. The summed E-state index contributed by atoms with van der Waals surface area (Å²) in [5.74, 6) is 0.574. The maximum atomic E-state index is 12.7. The molecule has 1 aliphatic rings. The van der Waals surface area contributed by atoms with Crippen molar-refractivity contribution >= 4 is 21.4 Å². The van der Waals surface area contributed by atoms with Gasteiger partial charge in [0.25, 0.3) is 0 Å². The van der Waals surface area contributed by atoms with Gasteiger partial charge in [0.15, 0.2) is 0 Å². The van der Waals surface area contributed by atoms with E-state index in [9.17, 15) is 8.42 Å². The van der Waals surface area contributed by atoms with E-state index in [1.54, 1.807) is 15.6 Å². The molecule has 2 rings (SSSR count). The van der Waals surface area contributed by atoms with Gasteiger partial charge in [-0.3, -0.25) is 0 Å². The molecule has 20 heavy (non-hydrogen) atoms. The second-order valence-corrected chi connectivity index (χ2v) is 8.56. The van der Waals surface area contributed by atoms with E-state index in [2.05, 4.69) is 5.32 Å². The summed E-state index contributed by atoms with van der Waals surface area (Å²) in [5, 5.41) is 3.24. The molecule has 0 spiro atoms. The summed E-state index contributed by atoms with van der Waals surface area (Å²) >= 11 is 1.58. The number of nitrogens with zero attached hydrogens (tertiary/aromatic N) is 1. The fraction of sp³-hybridized carbons (Fsp3) is 0.714. The molecule has 0 radical (unpaired) electrons. The smallest absolute Gasteiger partial charge is 0.244 e. The Morgan fingerprint density at radius 2 is 2.10 bits per heavy atom. The van der Waals surface area contributed by atoms with Crippen molar-refractivity contribution in [1.82, 2.24) is 9.62 Å². The Morgan fingerprint density at radius 1 is 1.40 bits per heavy atom. The van der Waals surface area contributed by atoms with Gasteiger partial charge in [-0.2, -0.15) is 4.31 Å². The Hall–Kier alpha value is -0.430. The van der Waals surface area contributed by atoms with Gasteiger partial charge in [0.1, 0.15) is 0 Å². The van der Waals surface area contributed by atoms with E-state index in [1.165, 1.54) is 12.8 Å². The minimum absolute atomic E-state index is 0.498. The van der Waals surface area contributed by atoms with Crippen molar-refractivity contribution < 1.29 is 8.42 Å². The third-order valence-corrected chi connectivity index (χ3v) is 6.85. The number of nitrogens with one attached hydrogen (secondary N) is 1. The highest BCUT2D eigenvalue weighted by molar-refractivity contribution is 7.89. The van der Waals surface area contributed by atoms with Gasteiger partial charge < -0.3 is 5.32 Å². The van der Waals surface area contributed by atoms with Crippen LogP contribution in [0.15, 0.2) is 11.0 Å². The Kier molecular flexibility index (Phi) is 5.23. The molecule has 4 nitrogen and oxygen atoms in total. The zero-order valence-electron chi connectivity index (χ0n) is 12.5. The summed E-state index contributed by atoms with van der Waals surface area (Å²) in [5.41, 5.74) is 0. The highest BCUT2D eigenvalue weighted by Crippen LogP contribution is 2.33. The molecule has 0 amide bonds. The van der Waals surface area contributed by atoms with Crippen LogP contribution in [-0.4, -0.2) is 32.4 Å². The van der Waals surface area contributed by atoms with Crippen LogP contribution in [0.4, 0.5) is 0 Å². The molecule has 0 atom stereocenters. The molecule has 1 aromatic heterocycles. The van der Waals surface area contributed by atoms with Gasteiger partial charge >= 0.3 is 0 Å². The van der Waals surface area contributed by atoms with Gasteiger partial charge in [0.2, 0.25) is 10.0 Å². The van der Waals surface area contributed by atoms with Crippen LogP contribution in [0.1, 0.15) is 36.4 Å². The van der Waals surface area contributed by atoms with Gasteiger partial charge in [-0.05, 0) is 38.3 Å². The van der Waals surface area contributed by atoms with Gasteiger partial charge in [0, 0.05) is 29.4 Å². The SMILES string of the molecule is CCNCc1cc(S(=O)(=O)N(CC)CC2CC2)c(C)s1. The van der Waals surface area contributed by atoms with Crippen molar-refractivity contribution in [3.63, 3.8) is 0 Å². The lowest BCUT2D eigenvalue weighted by atomic mass is 10.4. The summed E-state index contributed by atoms with van der Waals surface area (Å²) in [7, 11) is -3.33. The van der Waals surface area contributed by atoms with E-state index in [1.807, 2.05) is 26.8 Å². The van der Waals surface area contributed by atoms with Crippen LogP contribution in [-0.2, 0) is 16.6 Å². The van der Waals surface area contributed by atoms with Crippen molar-refractivity contribution in [3.8, 4) is 0 Å². The van der Waals surface area contributed by atoms with Crippen molar-refractivity contribution in [1.29, 1.82) is 0 Å². The van der Waals surface area contributed by atoms with Gasteiger partial charge in [-0.15, -0.1) is 11.3 Å². The lowest BCUT2D eigenvalue weighted by molar-refractivity contribution is 0.412. The standard InChI is InChI=1S/C14H24N2O2S2/c1-4-15-9-13-8-14(11(3)19-13)20(17,18)16(5-2)10-12-6-7-12/h8,12,15H,4-7,9-10H2,1-3H3. The lowest BCUT2D eigenvalue weighted by Crippen LogP contribution is -2.32. The number of hydrogen-bond acceptors (Lipinski definition) is 4. The van der Waals surface area contributed by atoms with Crippen LogP contribution in [0.25, 0.3) is 0 Å². The number of sulfonamides is 1. The van der Waals surface area contributed by atoms with Crippen molar-refractivity contribution in [2.24, 2.45) is 5.92 Å². The molecule has 1 heterocycles. The van der Waals surface area contributed by atoms with Crippen LogP contribution in [0.2, 0.25) is 0 Å². The summed E-state index contributed by atoms with van der Waals surface area (Å²) in [6, 6.07) is 1.84. The van der Waals surface area contributed by atoms with Crippen LogP contribution in [0, 0.1) is 12.8 Å². The molecule has 1 fully saturated rings. The Bertz CT molecular complexity index is 548. The first kappa shape index (κ1) is 15.9. The molecule has 0 aliphatic heterocycles. The van der Waals surface area contributed by atoms with Crippen LogP contribution in [0.3, 0.4) is 0 Å². The topological polar surface area (TPSA) is 49.4 Å². The minimum Gasteiger partial charge on any atom is -0.312 e. The molecular weight excluding hydrogens is 292 g/mol. The Balaban J connectivity index is 2.20. The van der Waals surface area contributed by atoms with E-state index in [0.29, 0.717) is 23.9 Å². The first-order valence-electron chi connectivity index (χ1n) is 7.29. The lowest BCUT2D eigenvalue weighted by Gasteiger charge is -2.20. The van der Waals surface area contributed by atoms with Gasteiger partial charge in [-0.25, -0.2) is 8.42 Å². The average Bonchev–Trinajstić information content (AvgIpc) is 3.15. The average molecular weight is 316 g/mol. The third kappa shape index (κ3) is 3.61. The number of hydrogen-bond donors (Lipinski definition) is 1. The van der Waals surface area contributed by atoms with E-state index in [-0.39, 0.29) is 0 Å². The number of rotatable bonds is 8. The van der Waals surface area contributed by atoms with Gasteiger partial charge in [0.05, 0.1) is 4.90 Å². The predicted octanol–water partition coefficient (Wildman–Crippen LogP) is 2.59. The second-order valence-electron chi connectivity index (χ2n) is 5.31. The molecule has 114 valence electrons. The van der Waals surface area contributed by atoms with Crippen molar-refractivity contribution in [2.75, 3.05) is 19.6 Å². The Labute approximate surface area is 126 Å². The van der Waals surface area contributed by atoms with Gasteiger partial charge in [-0.1, -0.05) is 13.8 Å². The zero-order valence-corrected chi connectivity index (χ0v) is 14.1. The fourth-order valence-electron chi connectivity index (χ4n) is 2.24. The van der Waals surface area contributed by atoms with Crippen LogP contribution in [0.5, 0.6) is 0 Å². The molecular formula is C14H24N2O2S2. The molecule has 1 aromatic rings. The summed E-state index contributed by atoms with van der Waals surface area (Å²) in [4.78, 5) is 2.48. The molecule has 1 saturated carbocycles. The maximum absolute atomic E-state index is 12.7. The maximum Gasteiger partial charge on any atom is 0.244 e. The van der Waals surface area contributed by atoms with Crippen LogP contribution < -0.4 is 5.32 Å². The number of thiophene rings is 1. The van der Waals surface area contributed by atoms with E-state index >= 15 is 0 Å². The predicted molar refractivity (Wildman–Crippen MR) is 83.6 cm³/mol. The molecule has 0 unspecified atom stereocenters. The van der Waals surface area contributed by atoms with Crippen molar-refractivity contribution in [3.05, 3.63) is 15.8 Å². The quantitative estimate of drug-likeness (QED) is 0.802. The van der Waals surface area contributed by atoms with E-state index in [4.69, 9.17) is 0 Å². The van der Waals surface area contributed by atoms with E-state index in [0.717, 1.165) is 22.8 Å². The Morgan fingerprint density at radius 3 is 2.65 bits per heavy atom.